The van der Waals surface area contributed by atoms with Crippen molar-refractivity contribution in [3.05, 3.63) is 12.2 Å². The summed E-state index contributed by atoms with van der Waals surface area (Å²) in [6, 6.07) is 0. The number of allylic oxidation sites excluding steroid dienone is 2. The van der Waals surface area contributed by atoms with Crippen LogP contribution in [0.3, 0.4) is 0 Å². The Morgan fingerprint density at radius 2 is 2.33 bits per heavy atom. The molecule has 0 fully saturated rings. The largest absolute Gasteiger partial charge is 0.299 e. The highest BCUT2D eigenvalue weighted by molar-refractivity contribution is 5.64. The Hall–Kier alpha value is -0.590. The molecule has 6 heavy (non-hydrogen) atoms. The van der Waals surface area contributed by atoms with E-state index in [2.05, 4.69) is 0 Å². The van der Waals surface area contributed by atoms with Crippen molar-refractivity contribution in [3.63, 3.8) is 0 Å². The van der Waals surface area contributed by atoms with Gasteiger partial charge in [-0.2, -0.15) is 0 Å². The summed E-state index contributed by atoms with van der Waals surface area (Å²) in [6.45, 7) is 1.99. The van der Waals surface area contributed by atoms with Gasteiger partial charge in [0.2, 0.25) is 0 Å². The highest BCUT2D eigenvalue weighted by atomic mass is 16.1. The molecular formula is C5H8O. The molecule has 0 heterocycles. The molecule has 0 N–H and O–H groups in total. The highest BCUT2D eigenvalue weighted by Gasteiger charge is 1.58. The molecule has 0 unspecified atom stereocenters. The van der Waals surface area contributed by atoms with E-state index in [4.69, 9.17) is 0 Å². The molecule has 0 rings (SSSR count). The molecule has 0 aromatic rings. The fourth-order valence-corrected chi connectivity index (χ4v) is 0.192. The number of carbonyl (C=O) groups excluding carboxylic acids is 1. The summed E-state index contributed by atoms with van der Waals surface area (Å²) >= 11 is 0. The van der Waals surface area contributed by atoms with Gasteiger partial charge in [-0.05, 0) is 12.5 Å². The van der Waals surface area contributed by atoms with Gasteiger partial charge in [-0.15, -0.1) is 0 Å². The summed E-state index contributed by atoms with van der Waals surface area (Å²) in [7, 11) is 0. The van der Waals surface area contributed by atoms with Gasteiger partial charge in [0.15, 0.2) is 0 Å². The first kappa shape index (κ1) is 5.41. The first-order valence-corrected chi connectivity index (χ1v) is 2.02. The van der Waals surface area contributed by atoms with Crippen LogP contribution in [0.25, 0.3) is 0 Å². The molecule has 34 valence electrons. The summed E-state index contributed by atoms with van der Waals surface area (Å²) < 4.78 is 0. The lowest BCUT2D eigenvalue weighted by Gasteiger charge is -1.65. The predicted molar refractivity (Wildman–Crippen MR) is 25.5 cm³/mol. The predicted octanol–water partition coefficient (Wildman–Crippen LogP) is 1.15. The average molecular weight is 84.1 g/mol. The Morgan fingerprint density at radius 1 is 1.67 bits per heavy atom. The molecule has 0 atom stereocenters. The average Bonchev–Trinajstić information content (AvgIpc) is 1.61. The van der Waals surface area contributed by atoms with E-state index < -0.39 is 0 Å². The SMILES string of the molecule is CC/C=C/C=O. The van der Waals surface area contributed by atoms with Crippen molar-refractivity contribution in [2.24, 2.45) is 0 Å². The molecule has 0 aliphatic heterocycles. The van der Waals surface area contributed by atoms with Gasteiger partial charge in [-0.25, -0.2) is 0 Å². The summed E-state index contributed by atoms with van der Waals surface area (Å²) in [6.07, 6.45) is 5.04. The van der Waals surface area contributed by atoms with Crippen LogP contribution in [0, 0.1) is 0 Å². The first-order chi connectivity index (χ1) is 2.91. The number of aldehydes is 1. The number of hydrogen-bond acceptors (Lipinski definition) is 1. The molecule has 0 aromatic carbocycles. The molecule has 0 spiro atoms. The van der Waals surface area contributed by atoms with Crippen molar-refractivity contribution in [1.29, 1.82) is 0 Å². The van der Waals surface area contributed by atoms with Gasteiger partial charge in [0.25, 0.3) is 0 Å². The zero-order chi connectivity index (χ0) is 4.83. The van der Waals surface area contributed by atoms with E-state index in [1.54, 1.807) is 0 Å². The second-order valence-electron chi connectivity index (χ2n) is 0.972. The molecule has 1 nitrogen and oxygen atoms in total. The smallest absolute Gasteiger partial charge is 0.142 e. The van der Waals surface area contributed by atoms with Crippen LogP contribution in [0.4, 0.5) is 0 Å². The molecule has 0 bridgehead atoms. The van der Waals surface area contributed by atoms with E-state index in [0.717, 1.165) is 12.7 Å². The van der Waals surface area contributed by atoms with E-state index in [9.17, 15) is 4.79 Å². The van der Waals surface area contributed by atoms with Gasteiger partial charge in [0.1, 0.15) is 6.29 Å². The Labute approximate surface area is 37.7 Å². The normalized spacial score (nSPS) is 9.50. The van der Waals surface area contributed by atoms with Crippen molar-refractivity contribution >= 4 is 6.29 Å². The van der Waals surface area contributed by atoms with Crippen LogP contribution < -0.4 is 0 Å². The van der Waals surface area contributed by atoms with E-state index >= 15 is 0 Å². The van der Waals surface area contributed by atoms with Gasteiger partial charge in [-0.3, -0.25) is 4.79 Å². The van der Waals surface area contributed by atoms with Crippen molar-refractivity contribution in [3.8, 4) is 0 Å². The third-order valence-corrected chi connectivity index (χ3v) is 0.450. The summed E-state index contributed by atoms with van der Waals surface area (Å²) in [5.41, 5.74) is 0. The zero-order valence-electron chi connectivity index (χ0n) is 3.85. The third kappa shape index (κ3) is 3.41. The monoisotopic (exact) mass is 84.1 g/mol. The lowest BCUT2D eigenvalue weighted by molar-refractivity contribution is -0.104. The summed E-state index contributed by atoms with van der Waals surface area (Å²) in [5, 5.41) is 0. The fourth-order valence-electron chi connectivity index (χ4n) is 0.192. The Morgan fingerprint density at radius 3 is 2.50 bits per heavy atom. The second-order valence-corrected chi connectivity index (χ2v) is 0.972. The van der Waals surface area contributed by atoms with Crippen molar-refractivity contribution in [2.75, 3.05) is 0 Å². The van der Waals surface area contributed by atoms with Crippen LogP contribution >= 0.6 is 0 Å². The van der Waals surface area contributed by atoms with Crippen molar-refractivity contribution < 1.29 is 4.79 Å². The molecular weight excluding hydrogens is 76.1 g/mol. The van der Waals surface area contributed by atoms with E-state index in [1.165, 1.54) is 6.08 Å². The maximum atomic E-state index is 9.48. The molecule has 1 heteroatoms. The van der Waals surface area contributed by atoms with Crippen LogP contribution in [0.15, 0.2) is 12.2 Å². The van der Waals surface area contributed by atoms with Gasteiger partial charge < -0.3 is 0 Å². The topological polar surface area (TPSA) is 17.1 Å². The Bertz CT molecular complexity index is 55.0. The quantitative estimate of drug-likeness (QED) is 0.362. The second kappa shape index (κ2) is 4.41. The third-order valence-electron chi connectivity index (χ3n) is 0.450. The first-order valence-electron chi connectivity index (χ1n) is 2.02. The minimum Gasteiger partial charge on any atom is -0.299 e. The Kier molecular flexibility index (Phi) is 3.98. The molecule has 0 radical (unpaired) electrons. The molecule has 0 aliphatic carbocycles. The molecule has 0 aliphatic rings. The minimum atomic E-state index is 0.781. The summed E-state index contributed by atoms with van der Waals surface area (Å²) in [5.74, 6) is 0. The molecule has 0 saturated carbocycles. The van der Waals surface area contributed by atoms with E-state index in [0.29, 0.717) is 0 Å². The van der Waals surface area contributed by atoms with Crippen LogP contribution in [0.1, 0.15) is 13.3 Å². The molecule has 0 amide bonds. The van der Waals surface area contributed by atoms with Gasteiger partial charge in [-0.1, -0.05) is 13.0 Å². The fraction of sp³-hybridized carbons (Fsp3) is 0.400. The van der Waals surface area contributed by atoms with Crippen LogP contribution in [0.5, 0.6) is 0 Å². The standard InChI is InChI=1S/C5H8O/c1-2-3-4-5-6/h3-5H,2H2,1H3/b4-3+. The van der Waals surface area contributed by atoms with Crippen molar-refractivity contribution in [1.82, 2.24) is 0 Å². The van der Waals surface area contributed by atoms with E-state index in [1.807, 2.05) is 13.0 Å². The zero-order valence-corrected chi connectivity index (χ0v) is 3.85. The van der Waals surface area contributed by atoms with Gasteiger partial charge in [0, 0.05) is 0 Å². The van der Waals surface area contributed by atoms with Crippen LogP contribution in [0.2, 0.25) is 0 Å². The molecule has 0 aromatic heterocycles. The van der Waals surface area contributed by atoms with Crippen LogP contribution in [-0.2, 0) is 4.79 Å². The maximum Gasteiger partial charge on any atom is 0.142 e. The lowest BCUT2D eigenvalue weighted by atomic mass is 10.4. The van der Waals surface area contributed by atoms with E-state index in [-0.39, 0.29) is 0 Å². The number of rotatable bonds is 2. The van der Waals surface area contributed by atoms with Crippen LogP contribution in [-0.4, -0.2) is 6.29 Å². The lowest BCUT2D eigenvalue weighted by Crippen LogP contribution is -1.55. The minimum absolute atomic E-state index is 0.781. The maximum absolute atomic E-state index is 9.48. The number of carbonyl (C=O) groups is 1. The van der Waals surface area contributed by atoms with Gasteiger partial charge in [0.05, 0.1) is 0 Å². The van der Waals surface area contributed by atoms with Gasteiger partial charge >= 0.3 is 0 Å². The Balaban J connectivity index is 2.94. The van der Waals surface area contributed by atoms with Crippen molar-refractivity contribution in [2.45, 2.75) is 13.3 Å². The number of hydrogen-bond donors (Lipinski definition) is 0. The molecule has 0 saturated heterocycles. The summed E-state index contributed by atoms with van der Waals surface area (Å²) in [4.78, 5) is 9.48. The highest BCUT2D eigenvalue weighted by Crippen LogP contribution is 1.72.